The number of carbonyl (C=O) groups is 1. The van der Waals surface area contributed by atoms with E-state index in [1.165, 1.54) is 69.2 Å². The second-order valence-electron chi connectivity index (χ2n) is 11.5. The fourth-order valence-corrected chi connectivity index (χ4v) is 6.68. The number of halogens is 1. The van der Waals surface area contributed by atoms with Gasteiger partial charge in [0.1, 0.15) is 6.04 Å². The molecule has 0 bridgehead atoms. The fourth-order valence-electron chi connectivity index (χ4n) is 6.56. The summed E-state index contributed by atoms with van der Waals surface area (Å²) in [6.45, 7) is 3.51. The lowest BCUT2D eigenvalue weighted by Crippen LogP contribution is -2.40. The third-order valence-corrected chi connectivity index (χ3v) is 9.27. The summed E-state index contributed by atoms with van der Waals surface area (Å²) < 4.78 is 0. The predicted molar refractivity (Wildman–Crippen MR) is 154 cm³/mol. The molecule has 1 unspecified atom stereocenters. The highest BCUT2D eigenvalue weighted by Gasteiger charge is 2.35. The van der Waals surface area contributed by atoms with Gasteiger partial charge in [-0.1, -0.05) is 73.3 Å². The van der Waals surface area contributed by atoms with E-state index in [9.17, 15) is 4.79 Å². The number of Topliss-reactive ketones (excluding diaryl/α,β-unsaturated/α-hetero) is 1. The lowest BCUT2D eigenvalue weighted by atomic mass is 9.68. The van der Waals surface area contributed by atoms with Crippen molar-refractivity contribution in [2.75, 3.05) is 13.1 Å². The van der Waals surface area contributed by atoms with Crippen LogP contribution in [-0.4, -0.2) is 29.8 Å². The zero-order valence-electron chi connectivity index (χ0n) is 22.0. The van der Waals surface area contributed by atoms with Crippen molar-refractivity contribution in [3.05, 3.63) is 88.4 Å². The number of nitrogens with zero attached hydrogens (tertiary/aromatic N) is 3. The second kappa shape index (κ2) is 11.1. The summed E-state index contributed by atoms with van der Waals surface area (Å²) in [7, 11) is 0. The maximum Gasteiger partial charge on any atom is 0.191 e. The molecule has 1 atom stereocenters. The van der Waals surface area contributed by atoms with Gasteiger partial charge in [-0.3, -0.25) is 9.69 Å². The van der Waals surface area contributed by atoms with Crippen molar-refractivity contribution in [3.63, 3.8) is 0 Å². The largest absolute Gasteiger partial charge is 0.299 e. The molecule has 5 heteroatoms. The molecule has 1 saturated heterocycles. The average Bonchev–Trinajstić information content (AvgIpc) is 2.96. The van der Waals surface area contributed by atoms with Gasteiger partial charge in [-0.15, -0.1) is 0 Å². The molecule has 2 fully saturated rings. The van der Waals surface area contributed by atoms with E-state index in [1.54, 1.807) is 0 Å². The molecule has 6 rings (SSSR count). The molecule has 196 valence electrons. The van der Waals surface area contributed by atoms with Crippen LogP contribution in [0.5, 0.6) is 0 Å². The van der Waals surface area contributed by atoms with Crippen molar-refractivity contribution in [1.29, 1.82) is 0 Å². The quantitative estimate of drug-likeness (QED) is 0.322. The summed E-state index contributed by atoms with van der Waals surface area (Å²) in [5.74, 6) is 0.0649. The molecule has 3 aromatic carbocycles. The SMILES string of the molecule is O=C1c2ccc(-c3ccc(Cl)cc3)cc2N=NC1CCc1ccc(CN2CCC3(CCCCC3)CC2)cc1. The number of piperidine rings is 1. The minimum Gasteiger partial charge on any atom is -0.299 e. The van der Waals surface area contributed by atoms with Crippen LogP contribution in [0.1, 0.15) is 72.9 Å². The number of carbonyl (C=O) groups excluding carboxylic acids is 1. The Hall–Kier alpha value is -2.82. The first kappa shape index (κ1) is 25.5. The van der Waals surface area contributed by atoms with Crippen LogP contribution < -0.4 is 0 Å². The standard InChI is InChI=1S/C33H36ClN3O/c34-28-12-9-26(10-13-28)27-11-14-29-31(22-27)36-35-30(32(29)38)15-8-24-4-6-25(7-5-24)23-37-20-18-33(19-21-37)16-2-1-3-17-33/h4-7,9-14,22,30H,1-3,8,15-21,23H2. The Bertz CT molecular complexity index is 1300. The molecule has 0 amide bonds. The molecule has 0 radical (unpaired) electrons. The van der Waals surface area contributed by atoms with Crippen LogP contribution in [0.4, 0.5) is 5.69 Å². The van der Waals surface area contributed by atoms with E-state index in [0.29, 0.717) is 28.1 Å². The minimum atomic E-state index is -0.413. The Balaban J connectivity index is 1.02. The molecule has 4 nitrogen and oxygen atoms in total. The summed E-state index contributed by atoms with van der Waals surface area (Å²) in [4.78, 5) is 15.8. The van der Waals surface area contributed by atoms with E-state index in [0.717, 1.165) is 24.1 Å². The highest BCUT2D eigenvalue weighted by molar-refractivity contribution is 6.30. The zero-order chi connectivity index (χ0) is 26.0. The molecule has 3 aliphatic rings. The van der Waals surface area contributed by atoms with Gasteiger partial charge >= 0.3 is 0 Å². The molecule has 1 saturated carbocycles. The van der Waals surface area contributed by atoms with Gasteiger partial charge in [0, 0.05) is 17.1 Å². The molecule has 3 aromatic rings. The van der Waals surface area contributed by atoms with E-state index in [1.807, 2.05) is 42.5 Å². The van der Waals surface area contributed by atoms with Crippen molar-refractivity contribution in [2.45, 2.75) is 70.4 Å². The number of likely N-dealkylation sites (tertiary alicyclic amines) is 1. The number of hydrogen-bond acceptors (Lipinski definition) is 4. The van der Waals surface area contributed by atoms with Gasteiger partial charge in [0.15, 0.2) is 5.78 Å². The summed E-state index contributed by atoms with van der Waals surface area (Å²) in [6.07, 6.45) is 11.5. The minimum absolute atomic E-state index is 0.0649. The first-order valence-corrected chi connectivity index (χ1v) is 14.6. The molecule has 1 aliphatic carbocycles. The number of azo groups is 1. The van der Waals surface area contributed by atoms with E-state index in [4.69, 9.17) is 11.6 Å². The third kappa shape index (κ3) is 5.62. The Morgan fingerprint density at radius 2 is 1.50 bits per heavy atom. The predicted octanol–water partition coefficient (Wildman–Crippen LogP) is 8.83. The Kier molecular flexibility index (Phi) is 7.45. The highest BCUT2D eigenvalue weighted by atomic mass is 35.5. The van der Waals surface area contributed by atoms with Gasteiger partial charge in [-0.2, -0.15) is 10.2 Å². The van der Waals surface area contributed by atoms with Crippen LogP contribution >= 0.6 is 11.6 Å². The van der Waals surface area contributed by atoms with Crippen molar-refractivity contribution in [2.24, 2.45) is 15.6 Å². The number of aryl methyl sites for hydroxylation is 1. The maximum atomic E-state index is 13.1. The Morgan fingerprint density at radius 1 is 0.816 bits per heavy atom. The first-order chi connectivity index (χ1) is 18.6. The summed E-state index contributed by atoms with van der Waals surface area (Å²) in [6, 6.07) is 22.0. The summed E-state index contributed by atoms with van der Waals surface area (Å²) in [5, 5.41) is 9.52. The van der Waals surface area contributed by atoms with Crippen molar-refractivity contribution >= 4 is 23.1 Å². The van der Waals surface area contributed by atoms with Crippen molar-refractivity contribution in [3.8, 4) is 11.1 Å². The van der Waals surface area contributed by atoms with Gasteiger partial charge in [-0.25, -0.2) is 0 Å². The Morgan fingerprint density at radius 3 is 2.24 bits per heavy atom. The van der Waals surface area contributed by atoms with Crippen LogP contribution in [0.2, 0.25) is 5.02 Å². The summed E-state index contributed by atoms with van der Waals surface area (Å²) >= 11 is 6.01. The average molecular weight is 526 g/mol. The fraction of sp³-hybridized carbons (Fsp3) is 0.424. The molecule has 2 aliphatic heterocycles. The lowest BCUT2D eigenvalue weighted by molar-refractivity contribution is 0.0641. The van der Waals surface area contributed by atoms with Crippen molar-refractivity contribution < 1.29 is 4.79 Å². The van der Waals surface area contributed by atoms with Crippen LogP contribution in [0.15, 0.2) is 77.0 Å². The van der Waals surface area contributed by atoms with Crippen LogP contribution in [0, 0.1) is 5.41 Å². The van der Waals surface area contributed by atoms with Gasteiger partial charge < -0.3 is 0 Å². The monoisotopic (exact) mass is 525 g/mol. The number of hydrogen-bond donors (Lipinski definition) is 0. The Labute approximate surface area is 231 Å². The molecule has 0 aromatic heterocycles. The normalized spacial score (nSPS) is 21.0. The topological polar surface area (TPSA) is 45.0 Å². The number of fused-ring (bicyclic) bond motifs is 1. The van der Waals surface area contributed by atoms with Crippen LogP contribution in [-0.2, 0) is 13.0 Å². The lowest BCUT2D eigenvalue weighted by Gasteiger charge is -2.44. The maximum absolute atomic E-state index is 13.1. The van der Waals surface area contributed by atoms with E-state index in [2.05, 4.69) is 39.4 Å². The summed E-state index contributed by atoms with van der Waals surface area (Å²) in [5.41, 5.74) is 6.64. The van der Waals surface area contributed by atoms with E-state index < -0.39 is 6.04 Å². The smallest absolute Gasteiger partial charge is 0.191 e. The molecule has 2 heterocycles. The first-order valence-electron chi connectivity index (χ1n) is 14.2. The number of rotatable bonds is 6. The van der Waals surface area contributed by atoms with Gasteiger partial charge in [-0.05, 0) is 104 Å². The van der Waals surface area contributed by atoms with E-state index >= 15 is 0 Å². The van der Waals surface area contributed by atoms with Gasteiger partial charge in [0.05, 0.1) is 5.69 Å². The van der Waals surface area contributed by atoms with Crippen LogP contribution in [0.25, 0.3) is 11.1 Å². The molecule has 0 N–H and O–H groups in total. The van der Waals surface area contributed by atoms with Crippen LogP contribution in [0.3, 0.4) is 0 Å². The van der Waals surface area contributed by atoms with E-state index in [-0.39, 0.29) is 5.78 Å². The molecular formula is C33H36ClN3O. The third-order valence-electron chi connectivity index (χ3n) is 9.01. The molecular weight excluding hydrogens is 490 g/mol. The highest BCUT2D eigenvalue weighted by Crippen LogP contribution is 2.44. The molecule has 38 heavy (non-hydrogen) atoms. The second-order valence-corrected chi connectivity index (χ2v) is 12.0. The zero-order valence-corrected chi connectivity index (χ0v) is 22.8. The number of benzene rings is 3. The molecule has 1 spiro atoms. The van der Waals surface area contributed by atoms with Crippen molar-refractivity contribution in [1.82, 2.24) is 4.90 Å². The van der Waals surface area contributed by atoms with Gasteiger partial charge in [0.25, 0.3) is 0 Å². The van der Waals surface area contributed by atoms with Gasteiger partial charge in [0.2, 0.25) is 0 Å². The number of ketones is 1.